The van der Waals surface area contributed by atoms with E-state index in [1.54, 1.807) is 12.1 Å². The van der Waals surface area contributed by atoms with E-state index in [4.69, 9.17) is 4.74 Å². The van der Waals surface area contributed by atoms with Crippen molar-refractivity contribution in [2.45, 2.75) is 33.2 Å². The van der Waals surface area contributed by atoms with Crippen molar-refractivity contribution in [2.24, 2.45) is 5.92 Å². The number of nitrogens with one attached hydrogen (secondary N) is 1. The van der Waals surface area contributed by atoms with Crippen LogP contribution >= 0.6 is 0 Å². The van der Waals surface area contributed by atoms with Crippen LogP contribution in [-0.2, 0) is 4.79 Å². The van der Waals surface area contributed by atoms with Crippen LogP contribution in [0.1, 0.15) is 38.8 Å². The Bertz CT molecular complexity index is 511. The van der Waals surface area contributed by atoms with Gasteiger partial charge in [-0.3, -0.25) is 9.69 Å². The van der Waals surface area contributed by atoms with Gasteiger partial charge in [-0.25, -0.2) is 0 Å². The SMILES string of the molecule is CC(=O)Oc1ccc([C@H](CC(C)C)N2CCNCC2)cc1O. The molecule has 2 N–H and O–H groups in total. The summed E-state index contributed by atoms with van der Waals surface area (Å²) >= 11 is 0. The highest BCUT2D eigenvalue weighted by atomic mass is 16.5. The maximum Gasteiger partial charge on any atom is 0.308 e. The summed E-state index contributed by atoms with van der Waals surface area (Å²) in [6.07, 6.45) is 1.03. The quantitative estimate of drug-likeness (QED) is 0.646. The molecule has 0 spiro atoms. The predicted molar refractivity (Wildman–Crippen MR) is 86.1 cm³/mol. The van der Waals surface area contributed by atoms with Crippen molar-refractivity contribution in [1.82, 2.24) is 10.2 Å². The molecule has 22 heavy (non-hydrogen) atoms. The third-order valence-electron chi connectivity index (χ3n) is 3.91. The molecular weight excluding hydrogens is 280 g/mol. The monoisotopic (exact) mass is 306 g/mol. The van der Waals surface area contributed by atoms with Gasteiger partial charge in [0.2, 0.25) is 0 Å². The fourth-order valence-corrected chi connectivity index (χ4v) is 2.92. The fourth-order valence-electron chi connectivity index (χ4n) is 2.92. The number of aromatic hydroxyl groups is 1. The Kier molecular flexibility index (Phi) is 5.80. The number of carbonyl (C=O) groups excluding carboxylic acids is 1. The minimum absolute atomic E-state index is 0.0246. The molecule has 0 radical (unpaired) electrons. The van der Waals surface area contributed by atoms with Crippen molar-refractivity contribution in [1.29, 1.82) is 0 Å². The molecule has 5 nitrogen and oxygen atoms in total. The zero-order valence-corrected chi connectivity index (χ0v) is 13.6. The molecule has 0 unspecified atom stereocenters. The van der Waals surface area contributed by atoms with Gasteiger partial charge in [0.15, 0.2) is 11.5 Å². The molecule has 1 fully saturated rings. The van der Waals surface area contributed by atoms with Gasteiger partial charge in [0.25, 0.3) is 0 Å². The van der Waals surface area contributed by atoms with Gasteiger partial charge < -0.3 is 15.2 Å². The number of rotatable bonds is 5. The molecule has 0 aliphatic carbocycles. The molecule has 1 atom stereocenters. The number of benzene rings is 1. The Morgan fingerprint density at radius 2 is 2.05 bits per heavy atom. The zero-order valence-electron chi connectivity index (χ0n) is 13.6. The lowest BCUT2D eigenvalue weighted by Crippen LogP contribution is -2.45. The molecule has 122 valence electrons. The summed E-state index contributed by atoms with van der Waals surface area (Å²) in [6, 6.07) is 5.64. The van der Waals surface area contributed by atoms with Crippen LogP contribution in [0.2, 0.25) is 0 Å². The number of phenols is 1. The van der Waals surface area contributed by atoms with E-state index in [9.17, 15) is 9.90 Å². The Balaban J connectivity index is 2.22. The number of piperazine rings is 1. The maximum absolute atomic E-state index is 11.0. The van der Waals surface area contributed by atoms with Gasteiger partial charge in [-0.15, -0.1) is 0 Å². The summed E-state index contributed by atoms with van der Waals surface area (Å²) < 4.78 is 4.99. The number of hydrogen-bond acceptors (Lipinski definition) is 5. The van der Waals surface area contributed by atoms with Crippen LogP contribution in [0.25, 0.3) is 0 Å². The first-order valence-corrected chi connectivity index (χ1v) is 7.93. The van der Waals surface area contributed by atoms with Gasteiger partial charge in [-0.05, 0) is 30.0 Å². The van der Waals surface area contributed by atoms with E-state index < -0.39 is 5.97 Å². The van der Waals surface area contributed by atoms with Crippen molar-refractivity contribution >= 4 is 5.97 Å². The van der Waals surface area contributed by atoms with E-state index in [0.717, 1.165) is 38.2 Å². The molecule has 1 aromatic carbocycles. The standard InChI is InChI=1S/C17H26N2O3/c1-12(2)10-15(19-8-6-18-7-9-19)14-4-5-17(16(21)11-14)22-13(3)20/h4-5,11-12,15,18,21H,6-10H2,1-3H3/t15-/m0/s1. The van der Waals surface area contributed by atoms with Crippen LogP contribution in [0, 0.1) is 5.92 Å². The molecule has 0 saturated carbocycles. The molecule has 0 amide bonds. The summed E-state index contributed by atoms with van der Waals surface area (Å²) in [5, 5.41) is 13.5. The summed E-state index contributed by atoms with van der Waals surface area (Å²) in [6.45, 7) is 9.74. The van der Waals surface area contributed by atoms with Crippen LogP contribution in [0.5, 0.6) is 11.5 Å². The van der Waals surface area contributed by atoms with Crippen LogP contribution in [0.4, 0.5) is 0 Å². The molecule has 0 bridgehead atoms. The predicted octanol–water partition coefficient (Wildman–Crippen LogP) is 2.31. The van der Waals surface area contributed by atoms with Crippen molar-refractivity contribution in [3.8, 4) is 11.5 Å². The largest absolute Gasteiger partial charge is 0.504 e. The number of nitrogens with zero attached hydrogens (tertiary/aromatic N) is 1. The van der Waals surface area contributed by atoms with E-state index in [-0.39, 0.29) is 17.5 Å². The number of ether oxygens (including phenoxy) is 1. The Labute approximate surface area is 132 Å². The molecule has 1 saturated heterocycles. The Morgan fingerprint density at radius 1 is 1.36 bits per heavy atom. The second-order valence-corrected chi connectivity index (χ2v) is 6.25. The minimum atomic E-state index is -0.427. The van der Waals surface area contributed by atoms with Crippen LogP contribution in [0.15, 0.2) is 18.2 Å². The van der Waals surface area contributed by atoms with Gasteiger partial charge in [0.1, 0.15) is 0 Å². The summed E-state index contributed by atoms with van der Waals surface area (Å²) in [7, 11) is 0. The third-order valence-corrected chi connectivity index (χ3v) is 3.91. The normalized spacial score (nSPS) is 17.5. The summed E-state index contributed by atoms with van der Waals surface area (Å²) in [5.74, 6) is 0.385. The number of phenolic OH excluding ortho intramolecular Hbond substituents is 1. The Morgan fingerprint density at radius 3 is 2.59 bits per heavy atom. The van der Waals surface area contributed by atoms with Crippen molar-refractivity contribution < 1.29 is 14.6 Å². The zero-order chi connectivity index (χ0) is 16.1. The van der Waals surface area contributed by atoms with Crippen LogP contribution in [0.3, 0.4) is 0 Å². The lowest BCUT2D eigenvalue weighted by atomic mass is 9.94. The molecule has 1 heterocycles. The number of carbonyl (C=O) groups is 1. The number of hydrogen-bond donors (Lipinski definition) is 2. The fraction of sp³-hybridized carbons (Fsp3) is 0.588. The molecule has 1 aromatic rings. The first-order valence-electron chi connectivity index (χ1n) is 7.93. The first kappa shape index (κ1) is 16.8. The molecule has 2 rings (SSSR count). The highest BCUT2D eigenvalue weighted by Gasteiger charge is 2.24. The summed E-state index contributed by atoms with van der Waals surface area (Å²) in [4.78, 5) is 13.5. The average Bonchev–Trinajstić information content (AvgIpc) is 2.47. The summed E-state index contributed by atoms with van der Waals surface area (Å²) in [5.41, 5.74) is 1.07. The van der Waals surface area contributed by atoms with Gasteiger partial charge >= 0.3 is 5.97 Å². The minimum Gasteiger partial charge on any atom is -0.504 e. The molecular formula is C17H26N2O3. The maximum atomic E-state index is 11.0. The third kappa shape index (κ3) is 4.45. The first-order chi connectivity index (χ1) is 10.5. The van der Waals surface area contributed by atoms with Crippen LogP contribution < -0.4 is 10.1 Å². The lowest BCUT2D eigenvalue weighted by molar-refractivity contribution is -0.132. The number of esters is 1. The van der Waals surface area contributed by atoms with Gasteiger partial charge in [-0.1, -0.05) is 19.9 Å². The van der Waals surface area contributed by atoms with E-state index >= 15 is 0 Å². The van der Waals surface area contributed by atoms with E-state index in [1.165, 1.54) is 6.92 Å². The second-order valence-electron chi connectivity index (χ2n) is 6.25. The van der Waals surface area contributed by atoms with Gasteiger partial charge in [0, 0.05) is 39.1 Å². The molecule has 1 aliphatic heterocycles. The van der Waals surface area contributed by atoms with Gasteiger partial charge in [0.05, 0.1) is 0 Å². The average molecular weight is 306 g/mol. The van der Waals surface area contributed by atoms with Crippen molar-refractivity contribution in [3.05, 3.63) is 23.8 Å². The lowest BCUT2D eigenvalue weighted by Gasteiger charge is -2.36. The van der Waals surface area contributed by atoms with E-state index in [0.29, 0.717) is 5.92 Å². The smallest absolute Gasteiger partial charge is 0.308 e. The highest BCUT2D eigenvalue weighted by Crippen LogP contribution is 2.34. The van der Waals surface area contributed by atoms with Crippen molar-refractivity contribution in [3.63, 3.8) is 0 Å². The molecule has 0 aromatic heterocycles. The topological polar surface area (TPSA) is 61.8 Å². The highest BCUT2D eigenvalue weighted by molar-refractivity contribution is 5.70. The molecule has 1 aliphatic rings. The van der Waals surface area contributed by atoms with Crippen molar-refractivity contribution in [2.75, 3.05) is 26.2 Å². The van der Waals surface area contributed by atoms with Gasteiger partial charge in [-0.2, -0.15) is 0 Å². The Hall–Kier alpha value is -1.59. The van der Waals surface area contributed by atoms with E-state index in [2.05, 4.69) is 24.1 Å². The van der Waals surface area contributed by atoms with Crippen LogP contribution in [-0.4, -0.2) is 42.2 Å². The second kappa shape index (κ2) is 7.61. The van der Waals surface area contributed by atoms with E-state index in [1.807, 2.05) is 6.07 Å². The molecule has 5 heteroatoms.